The van der Waals surface area contributed by atoms with Crippen LogP contribution in [0.15, 0.2) is 54.2 Å². The van der Waals surface area contributed by atoms with Crippen molar-refractivity contribution in [2.45, 2.75) is 12.6 Å². The van der Waals surface area contributed by atoms with Gasteiger partial charge >= 0.3 is 12.1 Å². The van der Waals surface area contributed by atoms with E-state index in [9.17, 15) is 26.7 Å². The lowest BCUT2D eigenvalue weighted by Gasteiger charge is -2.08. The highest BCUT2D eigenvalue weighted by molar-refractivity contribution is 7.17. The number of nitrogens with one attached hydrogen (secondary N) is 1. The number of carbonyl (C=O) groups excluding carboxylic acids is 1. The molecule has 0 unspecified atom stereocenters. The van der Waals surface area contributed by atoms with E-state index in [2.05, 4.69) is 15.3 Å². The first-order valence-corrected chi connectivity index (χ1v) is 10.5. The van der Waals surface area contributed by atoms with Crippen LogP contribution in [-0.4, -0.2) is 33.1 Å². The van der Waals surface area contributed by atoms with Crippen molar-refractivity contribution in [2.24, 2.45) is 0 Å². The van der Waals surface area contributed by atoms with E-state index in [4.69, 9.17) is 15.6 Å². The van der Waals surface area contributed by atoms with E-state index in [-0.39, 0.29) is 12.0 Å². The third-order valence-electron chi connectivity index (χ3n) is 4.48. The Hall–Kier alpha value is -4.13. The molecule has 0 aliphatic carbocycles. The molecule has 13 heteroatoms. The van der Waals surface area contributed by atoms with Gasteiger partial charge in [-0.2, -0.15) is 13.2 Å². The fraction of sp³-hybridized carbons (Fsp3) is 0.0909. The van der Waals surface area contributed by atoms with Crippen LogP contribution in [0.2, 0.25) is 0 Å². The van der Waals surface area contributed by atoms with Gasteiger partial charge in [0.25, 0.3) is 0 Å². The normalized spacial score (nSPS) is 11.0. The molecule has 0 radical (unpaired) electrons. The Morgan fingerprint density at radius 1 is 1.06 bits per heavy atom. The largest absolute Gasteiger partial charge is 0.490 e. The number of nitrogens with two attached hydrogens (primary N) is 1. The number of benzene rings is 2. The van der Waals surface area contributed by atoms with Gasteiger partial charge in [-0.1, -0.05) is 12.1 Å². The topological polar surface area (TPSA) is 118 Å². The van der Waals surface area contributed by atoms with E-state index in [1.165, 1.54) is 17.7 Å². The lowest BCUT2D eigenvalue weighted by atomic mass is 10.1. The summed E-state index contributed by atoms with van der Waals surface area (Å²) in [6.07, 6.45) is -3.91. The number of alkyl halides is 3. The summed E-state index contributed by atoms with van der Waals surface area (Å²) in [5.74, 6) is -3.98. The number of aromatic nitrogens is 2. The maximum absolute atomic E-state index is 13.7. The van der Waals surface area contributed by atoms with E-state index < -0.39 is 29.7 Å². The predicted molar refractivity (Wildman–Crippen MR) is 120 cm³/mol. The number of halogens is 5. The fourth-order valence-corrected chi connectivity index (χ4v) is 3.82. The first-order valence-electron chi connectivity index (χ1n) is 9.57. The van der Waals surface area contributed by atoms with Crippen molar-refractivity contribution in [1.29, 1.82) is 0 Å². The highest BCUT2D eigenvalue weighted by Gasteiger charge is 2.38. The van der Waals surface area contributed by atoms with Crippen LogP contribution in [0.5, 0.6) is 0 Å². The Morgan fingerprint density at radius 3 is 2.34 bits per heavy atom. The molecular weight excluding hydrogens is 495 g/mol. The molecule has 4 rings (SSSR count). The highest BCUT2D eigenvalue weighted by atomic mass is 32.1. The van der Waals surface area contributed by atoms with E-state index in [1.807, 2.05) is 17.5 Å². The predicted octanol–water partition coefficient (Wildman–Crippen LogP) is 5.03. The van der Waals surface area contributed by atoms with Gasteiger partial charge in [-0.05, 0) is 35.9 Å². The average Bonchev–Trinajstić information content (AvgIpc) is 3.22. The summed E-state index contributed by atoms with van der Waals surface area (Å²) < 4.78 is 58.6. The third kappa shape index (κ3) is 6.47. The number of nitrogens with zero attached hydrogens (tertiary/aromatic N) is 2. The van der Waals surface area contributed by atoms with Crippen LogP contribution in [0, 0.1) is 11.6 Å². The Kier molecular flexibility index (Phi) is 7.59. The molecule has 4 aromatic rings. The number of rotatable bonds is 4. The molecular formula is C22H15F5N4O3S. The Bertz CT molecular complexity index is 1370. The minimum Gasteiger partial charge on any atom is -0.475 e. The Morgan fingerprint density at radius 2 is 1.71 bits per heavy atom. The Labute approximate surface area is 198 Å². The second-order valence-corrected chi connectivity index (χ2v) is 7.79. The molecule has 0 saturated carbocycles. The zero-order chi connectivity index (χ0) is 25.8. The van der Waals surface area contributed by atoms with Crippen LogP contribution >= 0.6 is 11.3 Å². The van der Waals surface area contributed by atoms with Crippen molar-refractivity contribution < 1.29 is 36.6 Å². The van der Waals surface area contributed by atoms with Gasteiger partial charge in [0.05, 0.1) is 11.8 Å². The number of anilines is 2. The van der Waals surface area contributed by atoms with Crippen molar-refractivity contribution >= 4 is 44.9 Å². The van der Waals surface area contributed by atoms with Crippen LogP contribution in [0.25, 0.3) is 21.3 Å². The summed E-state index contributed by atoms with van der Waals surface area (Å²) >= 11 is 1.47. The van der Waals surface area contributed by atoms with Gasteiger partial charge in [0.2, 0.25) is 5.91 Å². The van der Waals surface area contributed by atoms with Crippen molar-refractivity contribution in [3.63, 3.8) is 0 Å². The zero-order valence-electron chi connectivity index (χ0n) is 17.4. The van der Waals surface area contributed by atoms with Crippen molar-refractivity contribution in [3.8, 4) is 11.1 Å². The lowest BCUT2D eigenvalue weighted by Crippen LogP contribution is -2.21. The van der Waals surface area contributed by atoms with Crippen LogP contribution in [0.1, 0.15) is 5.56 Å². The lowest BCUT2D eigenvalue weighted by molar-refractivity contribution is -0.192. The molecule has 35 heavy (non-hydrogen) atoms. The second kappa shape index (κ2) is 10.4. The zero-order valence-corrected chi connectivity index (χ0v) is 18.3. The number of carbonyl (C=O) groups is 2. The number of thiophene rings is 1. The van der Waals surface area contributed by atoms with Crippen molar-refractivity contribution in [2.75, 3.05) is 11.1 Å². The third-order valence-corrected chi connectivity index (χ3v) is 5.37. The summed E-state index contributed by atoms with van der Waals surface area (Å²) in [5.41, 5.74) is 8.35. The number of amides is 1. The van der Waals surface area contributed by atoms with Crippen molar-refractivity contribution in [1.82, 2.24) is 9.97 Å². The molecule has 0 spiro atoms. The summed E-state index contributed by atoms with van der Waals surface area (Å²) in [5, 5.41) is 12.6. The van der Waals surface area contributed by atoms with Crippen molar-refractivity contribution in [3.05, 3.63) is 71.4 Å². The molecule has 0 fully saturated rings. The molecule has 0 aliphatic rings. The molecule has 2 aromatic heterocycles. The molecule has 7 nitrogen and oxygen atoms in total. The van der Waals surface area contributed by atoms with Gasteiger partial charge in [-0.25, -0.2) is 23.5 Å². The van der Waals surface area contributed by atoms with Gasteiger partial charge in [-0.3, -0.25) is 4.79 Å². The van der Waals surface area contributed by atoms with Crippen LogP contribution < -0.4 is 11.1 Å². The molecule has 182 valence electrons. The Balaban J connectivity index is 0.000000429. The van der Waals surface area contributed by atoms with Gasteiger partial charge in [0.1, 0.15) is 28.6 Å². The quantitative estimate of drug-likeness (QED) is 0.332. The summed E-state index contributed by atoms with van der Waals surface area (Å²) in [6.45, 7) is 0. The smallest absolute Gasteiger partial charge is 0.475 e. The number of aliphatic carboxylic acids is 1. The SMILES string of the molecule is Nc1ncnc2scc(-c3ccc(NC(=O)Cc4cc(F)ccc4F)cc3)c12.O=C(O)C(F)(F)F. The average molecular weight is 510 g/mol. The van der Waals surface area contributed by atoms with Gasteiger partial charge in [0, 0.05) is 22.2 Å². The molecule has 0 saturated heterocycles. The number of carboxylic acid groups (broad SMARTS) is 1. The molecule has 2 aromatic carbocycles. The van der Waals surface area contributed by atoms with E-state index in [1.54, 1.807) is 12.1 Å². The van der Waals surface area contributed by atoms with E-state index >= 15 is 0 Å². The molecule has 0 aliphatic heterocycles. The molecule has 2 heterocycles. The number of hydrogen-bond donors (Lipinski definition) is 3. The number of nitrogen functional groups attached to an aromatic ring is 1. The maximum atomic E-state index is 13.7. The molecule has 4 N–H and O–H groups in total. The van der Waals surface area contributed by atoms with Gasteiger partial charge < -0.3 is 16.2 Å². The number of hydrogen-bond acceptors (Lipinski definition) is 6. The van der Waals surface area contributed by atoms with Crippen LogP contribution in [0.3, 0.4) is 0 Å². The number of fused-ring (bicyclic) bond motifs is 1. The van der Waals surface area contributed by atoms with Gasteiger partial charge in [-0.15, -0.1) is 11.3 Å². The highest BCUT2D eigenvalue weighted by Crippen LogP contribution is 2.35. The first kappa shape index (κ1) is 25.5. The fourth-order valence-electron chi connectivity index (χ4n) is 2.90. The monoisotopic (exact) mass is 510 g/mol. The van der Waals surface area contributed by atoms with Gasteiger partial charge in [0.15, 0.2) is 0 Å². The summed E-state index contributed by atoms with van der Waals surface area (Å²) in [4.78, 5) is 30.1. The minimum absolute atomic E-state index is 0.00865. The molecule has 0 bridgehead atoms. The second-order valence-electron chi connectivity index (χ2n) is 6.93. The van der Waals surface area contributed by atoms with Crippen LogP contribution in [0.4, 0.5) is 33.5 Å². The minimum atomic E-state index is -5.08. The molecule has 0 atom stereocenters. The van der Waals surface area contributed by atoms with E-state index in [0.717, 1.165) is 39.5 Å². The first-order chi connectivity index (χ1) is 16.5. The number of carboxylic acids is 1. The van der Waals surface area contributed by atoms with E-state index in [0.29, 0.717) is 11.5 Å². The summed E-state index contributed by atoms with van der Waals surface area (Å²) in [7, 11) is 0. The summed E-state index contributed by atoms with van der Waals surface area (Å²) in [6, 6.07) is 10.2. The molecule has 1 amide bonds. The maximum Gasteiger partial charge on any atom is 0.490 e. The standard InChI is InChI=1S/C20H14F2N4OS.C2HF3O2/c21-13-3-6-16(22)12(7-13)8-17(27)26-14-4-1-11(2-5-14)15-9-28-20-18(15)19(23)24-10-25-20;3-2(4,5)1(6)7/h1-7,9-10H,8H2,(H,26,27)(H2,23,24,25);(H,6,7). The van der Waals surface area contributed by atoms with Crippen LogP contribution in [-0.2, 0) is 16.0 Å².